The maximum absolute atomic E-state index is 12.1. The molecule has 16 heavy (non-hydrogen) atoms. The molecule has 0 saturated heterocycles. The van der Waals surface area contributed by atoms with Crippen molar-refractivity contribution in [1.29, 1.82) is 0 Å². The second-order valence-electron chi connectivity index (χ2n) is 2.91. The third-order valence-corrected chi connectivity index (χ3v) is 1.68. The number of halogens is 2. The number of carbonyl (C=O) groups is 1. The number of aliphatic carboxylic acids is 1. The highest BCUT2D eigenvalue weighted by molar-refractivity contribution is 5.73. The molecule has 0 aliphatic carbocycles. The van der Waals surface area contributed by atoms with Crippen molar-refractivity contribution in [2.45, 2.75) is 13.0 Å². The molecule has 0 aliphatic rings. The Labute approximate surface area is 89.8 Å². The molecule has 0 radical (unpaired) electrons. The van der Waals surface area contributed by atoms with Gasteiger partial charge in [-0.3, -0.25) is 9.48 Å². The van der Waals surface area contributed by atoms with Gasteiger partial charge in [0.2, 0.25) is 0 Å². The topological polar surface area (TPSA) is 76.4 Å². The number of nitrogens with one attached hydrogen (secondary N) is 1. The van der Waals surface area contributed by atoms with Gasteiger partial charge in [0.15, 0.2) is 0 Å². The molecule has 90 valence electrons. The first-order chi connectivity index (χ1) is 7.52. The predicted octanol–water partition coefficient (Wildman–Crippen LogP) is 0.653. The summed E-state index contributed by atoms with van der Waals surface area (Å²) in [5.41, 5.74) is 0.269. The van der Waals surface area contributed by atoms with Gasteiger partial charge in [-0.05, 0) is 0 Å². The number of nitrogens with zero attached hydrogens (tertiary/aromatic N) is 2. The van der Waals surface area contributed by atoms with Crippen LogP contribution in [0.1, 0.15) is 0 Å². The highest BCUT2D eigenvalue weighted by Gasteiger charge is 2.12. The molecule has 0 fully saturated rings. The van der Waals surface area contributed by atoms with Gasteiger partial charge in [0.05, 0.1) is 13.3 Å². The predicted molar refractivity (Wildman–Crippen MR) is 50.9 cm³/mol. The van der Waals surface area contributed by atoms with Gasteiger partial charge in [-0.1, -0.05) is 0 Å². The lowest BCUT2D eigenvalue weighted by Crippen LogP contribution is -2.12. The van der Waals surface area contributed by atoms with Crippen LogP contribution >= 0.6 is 0 Å². The average molecular weight is 235 g/mol. The summed E-state index contributed by atoms with van der Waals surface area (Å²) < 4.78 is 29.9. The molecule has 0 atom stereocenters. The molecule has 0 unspecified atom stereocenters. The van der Waals surface area contributed by atoms with Crippen LogP contribution in [0.4, 0.5) is 14.5 Å². The van der Waals surface area contributed by atoms with Gasteiger partial charge in [0.25, 0.3) is 12.3 Å². The average Bonchev–Trinajstić information content (AvgIpc) is 2.56. The van der Waals surface area contributed by atoms with Crippen molar-refractivity contribution in [1.82, 2.24) is 9.78 Å². The van der Waals surface area contributed by atoms with Crippen LogP contribution in [0.15, 0.2) is 6.20 Å². The Morgan fingerprint density at radius 1 is 1.75 bits per heavy atom. The maximum Gasteiger partial charge on any atom is 0.322 e. The van der Waals surface area contributed by atoms with Gasteiger partial charge in [0, 0.05) is 0 Å². The van der Waals surface area contributed by atoms with Crippen LogP contribution in [0.25, 0.3) is 0 Å². The van der Waals surface area contributed by atoms with Gasteiger partial charge in [-0.15, -0.1) is 5.10 Å². The van der Waals surface area contributed by atoms with E-state index in [1.54, 1.807) is 0 Å². The SMILES string of the molecule is COc1nn(CC(F)F)cc1NCC(=O)O. The van der Waals surface area contributed by atoms with Crippen molar-refractivity contribution >= 4 is 11.7 Å². The number of alkyl halides is 2. The summed E-state index contributed by atoms with van der Waals surface area (Å²) in [7, 11) is 1.32. The number of methoxy groups -OCH3 is 1. The van der Waals surface area contributed by atoms with E-state index >= 15 is 0 Å². The Hall–Kier alpha value is -1.86. The summed E-state index contributed by atoms with van der Waals surface area (Å²) in [5, 5.41) is 14.7. The lowest BCUT2D eigenvalue weighted by atomic mass is 10.5. The van der Waals surface area contributed by atoms with E-state index in [0.29, 0.717) is 0 Å². The van der Waals surface area contributed by atoms with Crippen molar-refractivity contribution in [3.05, 3.63) is 6.20 Å². The third-order valence-electron chi connectivity index (χ3n) is 1.68. The molecule has 1 aromatic rings. The Morgan fingerprint density at radius 2 is 2.44 bits per heavy atom. The largest absolute Gasteiger partial charge is 0.480 e. The minimum absolute atomic E-state index is 0.0851. The van der Waals surface area contributed by atoms with Crippen molar-refractivity contribution in [2.75, 3.05) is 19.0 Å². The first kappa shape index (κ1) is 12.2. The molecule has 0 bridgehead atoms. The van der Waals surface area contributed by atoms with Crippen LogP contribution in [0, 0.1) is 0 Å². The zero-order valence-corrected chi connectivity index (χ0v) is 8.48. The molecule has 1 heterocycles. The molecule has 1 aromatic heterocycles. The zero-order valence-electron chi connectivity index (χ0n) is 8.48. The molecule has 0 aliphatic heterocycles. The molecule has 8 heteroatoms. The van der Waals surface area contributed by atoms with Crippen LogP contribution in [0.3, 0.4) is 0 Å². The minimum atomic E-state index is -2.53. The van der Waals surface area contributed by atoms with Crippen LogP contribution in [0.5, 0.6) is 5.88 Å². The highest BCUT2D eigenvalue weighted by Crippen LogP contribution is 2.21. The highest BCUT2D eigenvalue weighted by atomic mass is 19.3. The number of hydrogen-bond acceptors (Lipinski definition) is 4. The van der Waals surface area contributed by atoms with Gasteiger partial charge in [0.1, 0.15) is 18.8 Å². The Bertz CT molecular complexity index is 367. The number of rotatable bonds is 6. The van der Waals surface area contributed by atoms with E-state index < -0.39 is 18.9 Å². The summed E-state index contributed by atoms with van der Waals surface area (Å²) in [6.07, 6.45) is -1.26. The van der Waals surface area contributed by atoms with E-state index in [1.165, 1.54) is 13.3 Å². The second kappa shape index (κ2) is 5.29. The smallest absolute Gasteiger partial charge is 0.322 e. The summed E-state index contributed by atoms with van der Waals surface area (Å²) >= 11 is 0. The monoisotopic (exact) mass is 235 g/mol. The number of ether oxygens (including phenoxy) is 1. The molecule has 6 nitrogen and oxygen atoms in total. The molecule has 0 saturated carbocycles. The molecular formula is C8H11F2N3O3. The normalized spacial score (nSPS) is 10.5. The summed E-state index contributed by atoms with van der Waals surface area (Å²) in [6.45, 7) is -0.901. The Balaban J connectivity index is 2.73. The minimum Gasteiger partial charge on any atom is -0.480 e. The van der Waals surface area contributed by atoms with Gasteiger partial charge >= 0.3 is 5.97 Å². The van der Waals surface area contributed by atoms with Crippen molar-refractivity contribution in [2.24, 2.45) is 0 Å². The number of anilines is 1. The van der Waals surface area contributed by atoms with E-state index in [2.05, 4.69) is 10.4 Å². The maximum atomic E-state index is 12.1. The number of carboxylic acid groups (broad SMARTS) is 1. The lowest BCUT2D eigenvalue weighted by molar-refractivity contribution is -0.134. The number of hydrogen-bond donors (Lipinski definition) is 2. The first-order valence-electron chi connectivity index (χ1n) is 4.38. The van der Waals surface area contributed by atoms with Crippen molar-refractivity contribution in [3.63, 3.8) is 0 Å². The van der Waals surface area contributed by atoms with Crippen LogP contribution < -0.4 is 10.1 Å². The first-order valence-corrected chi connectivity index (χ1v) is 4.38. The van der Waals surface area contributed by atoms with E-state index in [4.69, 9.17) is 9.84 Å². The fourth-order valence-electron chi connectivity index (χ4n) is 1.08. The van der Waals surface area contributed by atoms with Gasteiger partial charge in [-0.2, -0.15) is 0 Å². The summed E-state index contributed by atoms with van der Waals surface area (Å²) in [6, 6.07) is 0. The van der Waals surface area contributed by atoms with Crippen LogP contribution in [0.2, 0.25) is 0 Å². The Kier molecular flexibility index (Phi) is 4.03. The quantitative estimate of drug-likeness (QED) is 0.757. The standard InChI is InChI=1S/C8H11F2N3O3/c1-16-8-5(11-2-7(14)15)3-13(12-8)4-6(9)10/h3,6,11H,2,4H2,1H3,(H,14,15). The molecule has 0 spiro atoms. The zero-order chi connectivity index (χ0) is 12.1. The third kappa shape index (κ3) is 3.37. The Morgan fingerprint density at radius 3 is 2.94 bits per heavy atom. The molecule has 0 amide bonds. The van der Waals surface area contributed by atoms with E-state index in [1.807, 2.05) is 0 Å². The fraction of sp³-hybridized carbons (Fsp3) is 0.500. The van der Waals surface area contributed by atoms with Gasteiger partial charge < -0.3 is 15.2 Å². The van der Waals surface area contributed by atoms with Crippen molar-refractivity contribution in [3.8, 4) is 5.88 Å². The van der Waals surface area contributed by atoms with E-state index in [9.17, 15) is 13.6 Å². The summed E-state index contributed by atoms with van der Waals surface area (Å²) in [4.78, 5) is 10.3. The molecule has 0 aromatic carbocycles. The van der Waals surface area contributed by atoms with Crippen LogP contribution in [-0.2, 0) is 11.3 Å². The lowest BCUT2D eigenvalue weighted by Gasteiger charge is -2.00. The van der Waals surface area contributed by atoms with E-state index in [0.717, 1.165) is 4.68 Å². The van der Waals surface area contributed by atoms with Gasteiger partial charge in [-0.25, -0.2) is 8.78 Å². The molecule has 1 rings (SSSR count). The van der Waals surface area contributed by atoms with Crippen molar-refractivity contribution < 1.29 is 23.4 Å². The summed E-state index contributed by atoms with van der Waals surface area (Å²) in [5.74, 6) is -0.981. The fourth-order valence-corrected chi connectivity index (χ4v) is 1.08. The van der Waals surface area contributed by atoms with Crippen LogP contribution in [-0.4, -0.2) is 40.9 Å². The molecule has 2 N–H and O–H groups in total. The number of carboxylic acids is 1. The van der Waals surface area contributed by atoms with E-state index in [-0.39, 0.29) is 18.1 Å². The molecular weight excluding hydrogens is 224 g/mol. The number of aromatic nitrogens is 2. The second-order valence-corrected chi connectivity index (χ2v) is 2.91.